The highest BCUT2D eigenvalue weighted by Crippen LogP contribution is 2.37. The summed E-state index contributed by atoms with van der Waals surface area (Å²) in [6.07, 6.45) is 3.50. The molecule has 0 atom stereocenters. The van der Waals surface area contributed by atoms with Crippen LogP contribution in [0.2, 0.25) is 5.02 Å². The van der Waals surface area contributed by atoms with Crippen molar-refractivity contribution in [3.63, 3.8) is 0 Å². The molecule has 0 aliphatic carbocycles. The zero-order valence-corrected chi connectivity index (χ0v) is 21.9. The monoisotopic (exact) mass is 536 g/mol. The number of thiophene rings is 1. The van der Waals surface area contributed by atoms with E-state index >= 15 is 0 Å². The van der Waals surface area contributed by atoms with Crippen LogP contribution in [0.15, 0.2) is 71.8 Å². The molecule has 1 heterocycles. The van der Waals surface area contributed by atoms with Crippen LogP contribution in [-0.4, -0.2) is 31.8 Å². The first-order valence-electron chi connectivity index (χ1n) is 11.6. The number of fused-ring (bicyclic) bond motifs is 1. The third-order valence-corrected chi connectivity index (χ3v) is 7.03. The van der Waals surface area contributed by atoms with Crippen LogP contribution >= 0.6 is 22.9 Å². The van der Waals surface area contributed by atoms with Crippen LogP contribution in [0.4, 0.5) is 0 Å². The van der Waals surface area contributed by atoms with Crippen molar-refractivity contribution >= 4 is 51.1 Å². The molecular formula is C28H25ClN2O5S. The fourth-order valence-corrected chi connectivity index (χ4v) is 4.79. The van der Waals surface area contributed by atoms with Gasteiger partial charge >= 0.3 is 5.97 Å². The topological polar surface area (TPSA) is 86.2 Å². The molecule has 9 heteroatoms. The Morgan fingerprint density at radius 2 is 1.84 bits per heavy atom. The van der Waals surface area contributed by atoms with E-state index in [0.29, 0.717) is 33.4 Å². The highest BCUT2D eigenvalue weighted by Gasteiger charge is 2.20. The summed E-state index contributed by atoms with van der Waals surface area (Å²) >= 11 is 7.67. The predicted molar refractivity (Wildman–Crippen MR) is 147 cm³/mol. The zero-order chi connectivity index (χ0) is 26.2. The molecule has 0 bridgehead atoms. The molecule has 0 spiro atoms. The number of benzene rings is 3. The van der Waals surface area contributed by atoms with E-state index in [1.54, 1.807) is 42.5 Å². The summed E-state index contributed by atoms with van der Waals surface area (Å²) in [6, 6.07) is 19.3. The zero-order valence-electron chi connectivity index (χ0n) is 20.3. The molecule has 3 aromatic carbocycles. The van der Waals surface area contributed by atoms with Gasteiger partial charge in [0.2, 0.25) is 0 Å². The number of nitrogens with zero attached hydrogens (tertiary/aromatic N) is 1. The highest BCUT2D eigenvalue weighted by molar-refractivity contribution is 7.21. The number of rotatable bonds is 10. The Labute approximate surface area is 223 Å². The van der Waals surface area contributed by atoms with Crippen molar-refractivity contribution in [3.8, 4) is 17.2 Å². The van der Waals surface area contributed by atoms with E-state index in [-0.39, 0.29) is 11.7 Å². The maximum atomic E-state index is 12.8. The molecule has 4 aromatic rings. The average Bonchev–Trinajstić information content (AvgIpc) is 3.26. The van der Waals surface area contributed by atoms with Crippen LogP contribution in [0.3, 0.4) is 0 Å². The lowest BCUT2D eigenvalue weighted by Gasteiger charge is -2.09. The standard InChI is InChI=1S/C28H25ClN2O5S/c1-3-4-15-35-20-12-10-19(11-13-20)27(32)31-30-17-18-9-14-22(23(16-18)34-2)36-28(33)26-25(29)21-7-5-6-8-24(21)37-26/h5-14,16-17H,3-4,15H2,1-2H3,(H,31,32). The first-order chi connectivity index (χ1) is 18.0. The fraction of sp³-hybridized carbons (Fsp3) is 0.179. The number of nitrogens with one attached hydrogen (secondary N) is 1. The van der Waals surface area contributed by atoms with Crippen molar-refractivity contribution in [1.29, 1.82) is 0 Å². The third-order valence-electron chi connectivity index (χ3n) is 5.37. The molecule has 190 valence electrons. The lowest BCUT2D eigenvalue weighted by atomic mass is 10.2. The van der Waals surface area contributed by atoms with Crippen LogP contribution in [0.1, 0.15) is 45.4 Å². The van der Waals surface area contributed by atoms with Gasteiger partial charge in [-0.3, -0.25) is 4.79 Å². The quantitative estimate of drug-likeness (QED) is 0.0798. The van der Waals surface area contributed by atoms with E-state index in [9.17, 15) is 9.59 Å². The van der Waals surface area contributed by atoms with Gasteiger partial charge in [-0.2, -0.15) is 5.10 Å². The van der Waals surface area contributed by atoms with E-state index in [1.165, 1.54) is 24.7 Å². The Morgan fingerprint density at radius 3 is 2.57 bits per heavy atom. The van der Waals surface area contributed by atoms with Crippen molar-refractivity contribution in [2.75, 3.05) is 13.7 Å². The van der Waals surface area contributed by atoms with Gasteiger partial charge in [0.1, 0.15) is 10.6 Å². The maximum Gasteiger partial charge on any atom is 0.355 e. The molecule has 4 rings (SSSR count). The normalized spacial score (nSPS) is 11.0. The summed E-state index contributed by atoms with van der Waals surface area (Å²) in [5.41, 5.74) is 3.59. The second kappa shape index (κ2) is 12.4. The number of carbonyl (C=O) groups is 2. The largest absolute Gasteiger partial charge is 0.494 e. The molecule has 1 amide bonds. The van der Waals surface area contributed by atoms with Gasteiger partial charge in [-0.1, -0.05) is 43.1 Å². The molecule has 1 N–H and O–H groups in total. The molecule has 0 saturated heterocycles. The first-order valence-corrected chi connectivity index (χ1v) is 12.8. The van der Waals surface area contributed by atoms with Crippen molar-refractivity contribution in [2.24, 2.45) is 5.10 Å². The fourth-order valence-electron chi connectivity index (χ4n) is 3.41. The van der Waals surface area contributed by atoms with Crippen LogP contribution in [0, 0.1) is 0 Å². The Kier molecular flexibility index (Phi) is 8.77. The minimum absolute atomic E-state index is 0.239. The van der Waals surface area contributed by atoms with Crippen LogP contribution in [0.5, 0.6) is 17.2 Å². The highest BCUT2D eigenvalue weighted by atomic mass is 35.5. The third kappa shape index (κ3) is 6.47. The molecule has 1 aromatic heterocycles. The van der Waals surface area contributed by atoms with Gasteiger partial charge in [-0.25, -0.2) is 10.2 Å². The summed E-state index contributed by atoms with van der Waals surface area (Å²) in [5, 5.41) is 5.18. The van der Waals surface area contributed by atoms with Gasteiger partial charge in [0.05, 0.1) is 25.0 Å². The smallest absolute Gasteiger partial charge is 0.355 e. The Balaban J connectivity index is 1.38. The van der Waals surface area contributed by atoms with Gasteiger partial charge in [-0.05, 0) is 60.5 Å². The first kappa shape index (κ1) is 26.2. The maximum absolute atomic E-state index is 12.8. The number of methoxy groups -OCH3 is 1. The molecule has 7 nitrogen and oxygen atoms in total. The number of unbranched alkanes of at least 4 members (excludes halogenated alkanes) is 1. The molecule has 0 aliphatic heterocycles. The number of hydrazone groups is 1. The summed E-state index contributed by atoms with van der Waals surface area (Å²) < 4.78 is 17.5. The van der Waals surface area contributed by atoms with E-state index < -0.39 is 5.97 Å². The number of carbonyl (C=O) groups excluding carboxylic acids is 2. The number of ether oxygens (including phenoxy) is 3. The van der Waals surface area contributed by atoms with Crippen LogP contribution in [-0.2, 0) is 0 Å². The lowest BCUT2D eigenvalue weighted by Crippen LogP contribution is -2.17. The van der Waals surface area contributed by atoms with E-state index in [1.807, 2.05) is 24.3 Å². The van der Waals surface area contributed by atoms with Gasteiger partial charge in [0.15, 0.2) is 11.5 Å². The molecule has 0 saturated carbocycles. The minimum Gasteiger partial charge on any atom is -0.494 e. The summed E-state index contributed by atoms with van der Waals surface area (Å²) in [4.78, 5) is 25.5. The number of hydrogen-bond acceptors (Lipinski definition) is 7. The van der Waals surface area contributed by atoms with Crippen LogP contribution < -0.4 is 19.6 Å². The summed E-state index contributed by atoms with van der Waals surface area (Å²) in [5.74, 6) is 0.369. The molecule has 37 heavy (non-hydrogen) atoms. The molecule has 0 aliphatic rings. The van der Waals surface area contributed by atoms with Gasteiger partial charge in [-0.15, -0.1) is 11.3 Å². The summed E-state index contributed by atoms with van der Waals surface area (Å²) in [6.45, 7) is 2.74. The predicted octanol–water partition coefficient (Wildman–Crippen LogP) is 6.73. The molecule has 0 radical (unpaired) electrons. The van der Waals surface area contributed by atoms with Crippen molar-refractivity contribution in [3.05, 3.63) is 87.8 Å². The Bertz CT molecular complexity index is 1430. The van der Waals surface area contributed by atoms with Gasteiger partial charge in [0.25, 0.3) is 5.91 Å². The van der Waals surface area contributed by atoms with E-state index in [2.05, 4.69) is 17.5 Å². The molecule has 0 fully saturated rings. The number of amides is 1. The van der Waals surface area contributed by atoms with Crippen molar-refractivity contribution in [1.82, 2.24) is 5.43 Å². The number of halogens is 1. The average molecular weight is 537 g/mol. The second-order valence-corrected chi connectivity index (χ2v) is 9.40. The van der Waals surface area contributed by atoms with Crippen LogP contribution in [0.25, 0.3) is 10.1 Å². The van der Waals surface area contributed by atoms with E-state index in [4.69, 9.17) is 25.8 Å². The van der Waals surface area contributed by atoms with Crippen molar-refractivity contribution < 1.29 is 23.8 Å². The number of esters is 1. The summed E-state index contributed by atoms with van der Waals surface area (Å²) in [7, 11) is 1.47. The number of hydrogen-bond donors (Lipinski definition) is 1. The Morgan fingerprint density at radius 1 is 1.05 bits per heavy atom. The second-order valence-electron chi connectivity index (χ2n) is 7.97. The van der Waals surface area contributed by atoms with Crippen molar-refractivity contribution in [2.45, 2.75) is 19.8 Å². The van der Waals surface area contributed by atoms with Gasteiger partial charge < -0.3 is 14.2 Å². The van der Waals surface area contributed by atoms with E-state index in [0.717, 1.165) is 28.7 Å². The SMILES string of the molecule is CCCCOc1ccc(C(=O)NN=Cc2ccc(OC(=O)c3sc4ccccc4c3Cl)c(OC)c2)cc1. The molecule has 0 unspecified atom stereocenters. The lowest BCUT2D eigenvalue weighted by molar-refractivity contribution is 0.0734. The van der Waals surface area contributed by atoms with Gasteiger partial charge in [0, 0.05) is 15.6 Å². The Hall–Kier alpha value is -3.88. The minimum atomic E-state index is -0.569. The molecular weight excluding hydrogens is 512 g/mol.